The minimum atomic E-state index is -0.945. The fourth-order valence-corrected chi connectivity index (χ4v) is 3.19. The van der Waals surface area contributed by atoms with Gasteiger partial charge in [0.25, 0.3) is 0 Å². The number of aromatic nitrogens is 1. The van der Waals surface area contributed by atoms with Gasteiger partial charge in [-0.2, -0.15) is 0 Å². The number of rotatable bonds is 7. The van der Waals surface area contributed by atoms with Crippen molar-refractivity contribution in [3.05, 3.63) is 65.9 Å². The van der Waals surface area contributed by atoms with E-state index in [-0.39, 0.29) is 11.7 Å². The number of aromatic carboxylic acids is 1. The molecule has 0 saturated carbocycles. The molecule has 0 aliphatic rings. The third kappa shape index (κ3) is 6.01. The number of benzene rings is 2. The van der Waals surface area contributed by atoms with E-state index in [4.69, 9.17) is 9.47 Å². The SMILES string of the molecule is CN(Cc1cccc(OCCn2ccc3ccc(C(=O)O)cc32)c1)C(=O)OC(C)(C)C. The zero-order valence-corrected chi connectivity index (χ0v) is 18.3. The van der Waals surface area contributed by atoms with Crippen molar-refractivity contribution in [3.8, 4) is 5.75 Å². The molecule has 0 bridgehead atoms. The summed E-state index contributed by atoms with van der Waals surface area (Å²) in [5.74, 6) is -0.239. The Hall–Kier alpha value is -3.48. The molecule has 1 heterocycles. The average molecular weight is 424 g/mol. The number of ether oxygens (including phenoxy) is 2. The highest BCUT2D eigenvalue weighted by atomic mass is 16.6. The van der Waals surface area contributed by atoms with Crippen molar-refractivity contribution in [1.29, 1.82) is 0 Å². The standard InChI is InChI=1S/C24H28N2O5/c1-24(2,3)31-23(29)25(4)16-17-6-5-7-20(14-17)30-13-12-26-11-10-18-8-9-19(22(27)28)15-21(18)26/h5-11,14-15H,12-13,16H2,1-4H3,(H,27,28). The van der Waals surface area contributed by atoms with Gasteiger partial charge in [0.1, 0.15) is 18.0 Å². The Kier molecular flexibility index (Phi) is 6.53. The van der Waals surface area contributed by atoms with Gasteiger partial charge in [0.05, 0.1) is 12.1 Å². The number of amides is 1. The Labute approximate surface area is 181 Å². The van der Waals surface area contributed by atoms with Crippen LogP contribution in [0.4, 0.5) is 4.79 Å². The quantitative estimate of drug-likeness (QED) is 0.590. The maximum Gasteiger partial charge on any atom is 0.410 e. The molecule has 2 aromatic carbocycles. The number of hydrogen-bond donors (Lipinski definition) is 1. The van der Waals surface area contributed by atoms with Gasteiger partial charge >= 0.3 is 12.1 Å². The maximum absolute atomic E-state index is 12.2. The van der Waals surface area contributed by atoms with E-state index in [0.29, 0.717) is 25.4 Å². The summed E-state index contributed by atoms with van der Waals surface area (Å²) in [5.41, 5.74) is 1.51. The van der Waals surface area contributed by atoms with E-state index >= 15 is 0 Å². The average Bonchev–Trinajstić information content (AvgIpc) is 3.09. The Morgan fingerprint density at radius 3 is 2.58 bits per heavy atom. The first-order valence-corrected chi connectivity index (χ1v) is 10.1. The van der Waals surface area contributed by atoms with Crippen LogP contribution in [0.25, 0.3) is 10.9 Å². The van der Waals surface area contributed by atoms with Gasteiger partial charge in [-0.1, -0.05) is 18.2 Å². The van der Waals surface area contributed by atoms with Crippen molar-refractivity contribution < 1.29 is 24.2 Å². The number of carbonyl (C=O) groups is 2. The molecule has 0 fully saturated rings. The van der Waals surface area contributed by atoms with E-state index in [1.165, 1.54) is 4.90 Å². The number of carbonyl (C=O) groups excluding carboxylic acids is 1. The number of nitrogens with zero attached hydrogens (tertiary/aromatic N) is 2. The number of carboxylic acids is 1. The number of hydrogen-bond acceptors (Lipinski definition) is 4. The van der Waals surface area contributed by atoms with Crippen LogP contribution in [0.15, 0.2) is 54.7 Å². The lowest BCUT2D eigenvalue weighted by Gasteiger charge is -2.24. The van der Waals surface area contributed by atoms with Crippen LogP contribution in [0.1, 0.15) is 36.7 Å². The summed E-state index contributed by atoms with van der Waals surface area (Å²) >= 11 is 0. The lowest BCUT2D eigenvalue weighted by Crippen LogP contribution is -2.33. The molecule has 164 valence electrons. The van der Waals surface area contributed by atoms with Gasteiger partial charge in [0.15, 0.2) is 0 Å². The van der Waals surface area contributed by atoms with Crippen molar-refractivity contribution in [3.63, 3.8) is 0 Å². The van der Waals surface area contributed by atoms with Gasteiger partial charge in [0.2, 0.25) is 0 Å². The monoisotopic (exact) mass is 424 g/mol. The summed E-state index contributed by atoms with van der Waals surface area (Å²) < 4.78 is 13.3. The first-order chi connectivity index (χ1) is 14.6. The lowest BCUT2D eigenvalue weighted by atomic mass is 10.2. The second kappa shape index (κ2) is 9.12. The van der Waals surface area contributed by atoms with Crippen molar-refractivity contribution in [2.75, 3.05) is 13.7 Å². The zero-order valence-electron chi connectivity index (χ0n) is 18.3. The Bertz CT molecular complexity index is 1080. The van der Waals surface area contributed by atoms with Crippen LogP contribution in [0.3, 0.4) is 0 Å². The second-order valence-corrected chi connectivity index (χ2v) is 8.42. The smallest absolute Gasteiger partial charge is 0.410 e. The molecular formula is C24H28N2O5. The highest BCUT2D eigenvalue weighted by Gasteiger charge is 2.19. The summed E-state index contributed by atoms with van der Waals surface area (Å²) in [5, 5.41) is 10.2. The molecule has 7 heteroatoms. The van der Waals surface area contributed by atoms with Crippen LogP contribution < -0.4 is 4.74 Å². The van der Waals surface area contributed by atoms with Crippen LogP contribution in [0.5, 0.6) is 5.75 Å². The summed E-state index contributed by atoms with van der Waals surface area (Å²) in [6, 6.07) is 14.6. The fourth-order valence-electron chi connectivity index (χ4n) is 3.19. The molecule has 0 aliphatic heterocycles. The van der Waals surface area contributed by atoms with Gasteiger partial charge in [0, 0.05) is 25.3 Å². The summed E-state index contributed by atoms with van der Waals surface area (Å²) in [6.07, 6.45) is 1.55. The summed E-state index contributed by atoms with van der Waals surface area (Å²) in [7, 11) is 1.70. The van der Waals surface area contributed by atoms with Crippen molar-refractivity contribution >= 4 is 23.0 Å². The van der Waals surface area contributed by atoms with Crippen LogP contribution in [0, 0.1) is 0 Å². The van der Waals surface area contributed by atoms with Gasteiger partial charge in [-0.15, -0.1) is 0 Å². The van der Waals surface area contributed by atoms with Crippen LogP contribution in [0.2, 0.25) is 0 Å². The number of carboxylic acid groups (broad SMARTS) is 1. The third-order valence-electron chi connectivity index (χ3n) is 4.65. The molecule has 0 radical (unpaired) electrons. The minimum absolute atomic E-state index is 0.259. The van der Waals surface area contributed by atoms with Crippen molar-refractivity contribution in [2.45, 2.75) is 39.5 Å². The van der Waals surface area contributed by atoms with E-state index in [1.807, 2.05) is 61.9 Å². The second-order valence-electron chi connectivity index (χ2n) is 8.42. The van der Waals surface area contributed by atoms with Crippen molar-refractivity contribution in [2.24, 2.45) is 0 Å². The molecular weight excluding hydrogens is 396 g/mol. The molecule has 1 aromatic heterocycles. The number of fused-ring (bicyclic) bond motifs is 1. The van der Waals surface area contributed by atoms with Gasteiger partial charge in [-0.3, -0.25) is 0 Å². The Morgan fingerprint density at radius 2 is 1.87 bits per heavy atom. The zero-order chi connectivity index (χ0) is 22.6. The lowest BCUT2D eigenvalue weighted by molar-refractivity contribution is 0.0284. The topological polar surface area (TPSA) is 81.0 Å². The predicted octanol–water partition coefficient (Wildman–Crippen LogP) is 4.79. The maximum atomic E-state index is 12.2. The van der Waals surface area contributed by atoms with Crippen molar-refractivity contribution in [1.82, 2.24) is 9.47 Å². The Morgan fingerprint density at radius 1 is 1.10 bits per heavy atom. The molecule has 0 saturated heterocycles. The summed E-state index contributed by atoms with van der Waals surface area (Å²) in [6.45, 7) is 6.92. The third-order valence-corrected chi connectivity index (χ3v) is 4.65. The highest BCUT2D eigenvalue weighted by molar-refractivity contribution is 5.93. The van der Waals surface area contributed by atoms with Gasteiger partial charge in [-0.05, 0) is 62.1 Å². The van der Waals surface area contributed by atoms with Crippen LogP contribution >= 0.6 is 0 Å². The van der Waals surface area contributed by atoms with Crippen LogP contribution in [-0.2, 0) is 17.8 Å². The van der Waals surface area contributed by atoms with E-state index < -0.39 is 11.6 Å². The van der Waals surface area contributed by atoms with Gasteiger partial charge < -0.3 is 24.0 Å². The Balaban J connectivity index is 1.59. The predicted molar refractivity (Wildman–Crippen MR) is 119 cm³/mol. The molecule has 1 N–H and O–H groups in total. The molecule has 0 atom stereocenters. The summed E-state index contributed by atoms with van der Waals surface area (Å²) in [4.78, 5) is 24.9. The molecule has 0 unspecified atom stereocenters. The van der Waals surface area contributed by atoms with Crippen LogP contribution in [-0.4, -0.2) is 45.9 Å². The molecule has 1 amide bonds. The van der Waals surface area contributed by atoms with E-state index in [0.717, 1.165) is 16.5 Å². The van der Waals surface area contributed by atoms with Gasteiger partial charge in [-0.25, -0.2) is 9.59 Å². The van der Waals surface area contributed by atoms with E-state index in [9.17, 15) is 14.7 Å². The first kappa shape index (κ1) is 22.2. The molecule has 3 rings (SSSR count). The normalized spacial score (nSPS) is 11.4. The molecule has 0 aliphatic carbocycles. The van der Waals surface area contributed by atoms with E-state index in [1.54, 1.807) is 25.2 Å². The fraction of sp³-hybridized carbons (Fsp3) is 0.333. The highest BCUT2D eigenvalue weighted by Crippen LogP contribution is 2.19. The molecule has 31 heavy (non-hydrogen) atoms. The first-order valence-electron chi connectivity index (χ1n) is 10.1. The van der Waals surface area contributed by atoms with E-state index in [2.05, 4.69) is 0 Å². The molecule has 0 spiro atoms. The molecule has 3 aromatic rings. The molecule has 7 nitrogen and oxygen atoms in total. The minimum Gasteiger partial charge on any atom is -0.492 e. The largest absolute Gasteiger partial charge is 0.492 e.